The molecular formula is C23H20FN3O4S. The number of Topliss-reactive ketones (excluding diaryl/α,β-unsaturated/α-hetero) is 1. The Hall–Kier alpha value is -3.46. The number of hydrogen-bond donors (Lipinski definition) is 1. The van der Waals surface area contributed by atoms with E-state index in [4.69, 9.17) is 0 Å². The van der Waals surface area contributed by atoms with Gasteiger partial charge in [0.1, 0.15) is 17.6 Å². The SMILES string of the molecule is CC(=O)c1ccc(NC(=O)CN2C(=O)N(Cc3ccc(F)cc3)C(=O)C3SC=CC32)cc1. The van der Waals surface area contributed by atoms with E-state index in [2.05, 4.69) is 5.32 Å². The van der Waals surface area contributed by atoms with E-state index in [1.54, 1.807) is 35.7 Å². The molecule has 2 atom stereocenters. The van der Waals surface area contributed by atoms with Crippen LogP contribution in [0.2, 0.25) is 0 Å². The molecule has 7 nitrogen and oxygen atoms in total. The Balaban J connectivity index is 1.49. The molecule has 164 valence electrons. The first kappa shape index (κ1) is 21.8. The van der Waals surface area contributed by atoms with Crippen LogP contribution in [-0.2, 0) is 16.1 Å². The lowest BCUT2D eigenvalue weighted by atomic mass is 10.1. The Morgan fingerprint density at radius 1 is 1.06 bits per heavy atom. The Morgan fingerprint density at radius 2 is 1.75 bits per heavy atom. The third kappa shape index (κ3) is 4.43. The molecule has 4 amide bonds. The van der Waals surface area contributed by atoms with Crippen molar-refractivity contribution in [3.8, 4) is 0 Å². The van der Waals surface area contributed by atoms with Crippen molar-refractivity contribution in [1.82, 2.24) is 9.80 Å². The minimum Gasteiger partial charge on any atom is -0.325 e. The van der Waals surface area contributed by atoms with Crippen LogP contribution >= 0.6 is 11.8 Å². The molecule has 0 aliphatic carbocycles. The number of nitrogens with one attached hydrogen (secondary N) is 1. The van der Waals surface area contributed by atoms with Crippen molar-refractivity contribution >= 4 is 41.1 Å². The molecule has 0 radical (unpaired) electrons. The number of hydrogen-bond acceptors (Lipinski definition) is 5. The second-order valence-corrected chi connectivity index (χ2v) is 8.57. The summed E-state index contributed by atoms with van der Waals surface area (Å²) in [5.41, 5.74) is 1.63. The van der Waals surface area contributed by atoms with Gasteiger partial charge in [0.15, 0.2) is 5.78 Å². The van der Waals surface area contributed by atoms with Crippen LogP contribution in [0.3, 0.4) is 0 Å². The van der Waals surface area contributed by atoms with E-state index in [0.29, 0.717) is 16.8 Å². The Bertz CT molecular complexity index is 1100. The van der Waals surface area contributed by atoms with Crippen LogP contribution in [0.25, 0.3) is 0 Å². The number of carbonyl (C=O) groups is 4. The number of urea groups is 1. The van der Waals surface area contributed by atoms with E-state index in [0.717, 1.165) is 4.90 Å². The number of anilines is 1. The summed E-state index contributed by atoms with van der Waals surface area (Å²) in [6.45, 7) is 1.21. The van der Waals surface area contributed by atoms with Gasteiger partial charge in [0.2, 0.25) is 11.8 Å². The number of rotatable bonds is 6. The number of halogens is 1. The molecule has 2 aromatic rings. The largest absolute Gasteiger partial charge is 0.328 e. The highest BCUT2D eigenvalue weighted by molar-refractivity contribution is 8.03. The third-order valence-electron chi connectivity index (χ3n) is 5.30. The van der Waals surface area contributed by atoms with Crippen LogP contribution in [0.4, 0.5) is 14.9 Å². The number of nitrogens with zero attached hydrogens (tertiary/aromatic N) is 2. The maximum Gasteiger partial charge on any atom is 0.328 e. The van der Waals surface area contributed by atoms with Gasteiger partial charge in [0.25, 0.3) is 0 Å². The number of carbonyl (C=O) groups excluding carboxylic acids is 4. The molecule has 0 aromatic heterocycles. The summed E-state index contributed by atoms with van der Waals surface area (Å²) < 4.78 is 13.2. The fraction of sp³-hybridized carbons (Fsp3) is 0.217. The number of amides is 4. The van der Waals surface area contributed by atoms with E-state index >= 15 is 0 Å². The van der Waals surface area contributed by atoms with Gasteiger partial charge >= 0.3 is 6.03 Å². The normalized spacial score (nSPS) is 19.8. The van der Waals surface area contributed by atoms with Crippen LogP contribution in [0, 0.1) is 5.82 Å². The van der Waals surface area contributed by atoms with E-state index in [1.807, 2.05) is 0 Å². The third-order valence-corrected chi connectivity index (χ3v) is 6.39. The van der Waals surface area contributed by atoms with Gasteiger partial charge in [-0.25, -0.2) is 9.18 Å². The van der Waals surface area contributed by atoms with Crippen LogP contribution in [-0.4, -0.2) is 51.3 Å². The molecule has 1 N–H and O–H groups in total. The lowest BCUT2D eigenvalue weighted by molar-refractivity contribution is -0.132. The average molecular weight is 453 g/mol. The molecule has 0 spiro atoms. The van der Waals surface area contributed by atoms with Crippen LogP contribution < -0.4 is 5.32 Å². The Morgan fingerprint density at radius 3 is 2.41 bits per heavy atom. The highest BCUT2D eigenvalue weighted by atomic mass is 32.2. The Kier molecular flexibility index (Phi) is 6.09. The van der Waals surface area contributed by atoms with E-state index < -0.39 is 29.0 Å². The fourth-order valence-corrected chi connectivity index (χ4v) is 4.69. The van der Waals surface area contributed by atoms with Crippen LogP contribution in [0.1, 0.15) is 22.8 Å². The van der Waals surface area contributed by atoms with Gasteiger partial charge in [0.05, 0.1) is 12.6 Å². The second-order valence-electron chi connectivity index (χ2n) is 7.52. The molecule has 2 unspecified atom stereocenters. The molecule has 1 fully saturated rings. The molecule has 2 heterocycles. The molecular weight excluding hydrogens is 433 g/mol. The number of thioether (sulfide) groups is 1. The summed E-state index contributed by atoms with van der Waals surface area (Å²) in [5.74, 6) is -1.25. The summed E-state index contributed by atoms with van der Waals surface area (Å²) in [7, 11) is 0. The highest BCUT2D eigenvalue weighted by Crippen LogP contribution is 2.34. The maximum atomic E-state index is 13.2. The first-order valence-electron chi connectivity index (χ1n) is 9.93. The number of benzene rings is 2. The zero-order valence-electron chi connectivity index (χ0n) is 17.2. The summed E-state index contributed by atoms with van der Waals surface area (Å²) in [5, 5.41) is 3.94. The maximum absolute atomic E-state index is 13.2. The number of ketones is 1. The van der Waals surface area contributed by atoms with E-state index in [-0.39, 0.29) is 24.8 Å². The smallest absolute Gasteiger partial charge is 0.325 e. The number of fused-ring (bicyclic) bond motifs is 1. The monoisotopic (exact) mass is 453 g/mol. The molecule has 2 aliphatic rings. The zero-order valence-corrected chi connectivity index (χ0v) is 18.0. The van der Waals surface area contributed by atoms with Gasteiger partial charge in [-0.1, -0.05) is 18.2 Å². The minimum absolute atomic E-state index is 0.00759. The lowest BCUT2D eigenvalue weighted by Gasteiger charge is -2.40. The van der Waals surface area contributed by atoms with Crippen LogP contribution in [0.15, 0.2) is 60.0 Å². The molecule has 2 aliphatic heterocycles. The van der Waals surface area contributed by atoms with Gasteiger partial charge in [-0.2, -0.15) is 0 Å². The summed E-state index contributed by atoms with van der Waals surface area (Å²) in [6.07, 6.45) is 1.75. The number of imide groups is 1. The van der Waals surface area contributed by atoms with Crippen molar-refractivity contribution in [3.63, 3.8) is 0 Å². The Labute approximate surface area is 188 Å². The zero-order chi connectivity index (χ0) is 22.8. The predicted molar refractivity (Wildman–Crippen MR) is 118 cm³/mol. The predicted octanol–water partition coefficient (Wildman–Crippen LogP) is 3.43. The van der Waals surface area contributed by atoms with E-state index in [1.165, 1.54) is 47.9 Å². The van der Waals surface area contributed by atoms with Crippen molar-refractivity contribution in [2.24, 2.45) is 0 Å². The molecule has 2 aromatic carbocycles. The van der Waals surface area contributed by atoms with Gasteiger partial charge in [-0.3, -0.25) is 19.3 Å². The van der Waals surface area contributed by atoms with Gasteiger partial charge in [-0.05, 0) is 54.3 Å². The molecule has 0 bridgehead atoms. The molecule has 0 saturated carbocycles. The first-order chi connectivity index (χ1) is 15.3. The molecule has 4 rings (SSSR count). The van der Waals surface area contributed by atoms with Crippen molar-refractivity contribution in [3.05, 3.63) is 77.0 Å². The molecule has 32 heavy (non-hydrogen) atoms. The minimum atomic E-state index is -0.574. The van der Waals surface area contributed by atoms with Crippen LogP contribution in [0.5, 0.6) is 0 Å². The average Bonchev–Trinajstić information content (AvgIpc) is 3.26. The fourth-order valence-electron chi connectivity index (χ4n) is 3.63. The van der Waals surface area contributed by atoms with Gasteiger partial charge < -0.3 is 10.2 Å². The first-order valence-corrected chi connectivity index (χ1v) is 10.9. The standard InChI is InChI=1S/C23H20FN3O4S/c1-14(28)16-4-8-18(9-5-16)25-20(29)13-26-19-10-11-32-21(19)22(30)27(23(26)31)12-15-2-6-17(24)7-3-15/h2-11,19,21H,12-13H2,1H3,(H,25,29). The summed E-state index contributed by atoms with van der Waals surface area (Å²) >= 11 is 1.30. The van der Waals surface area contributed by atoms with Gasteiger partial charge in [0, 0.05) is 11.3 Å². The van der Waals surface area contributed by atoms with Gasteiger partial charge in [-0.15, -0.1) is 11.8 Å². The summed E-state index contributed by atoms with van der Waals surface area (Å²) in [4.78, 5) is 52.6. The summed E-state index contributed by atoms with van der Waals surface area (Å²) in [6, 6.07) is 10.9. The molecule has 9 heteroatoms. The lowest BCUT2D eigenvalue weighted by Crippen LogP contribution is -2.62. The van der Waals surface area contributed by atoms with E-state index in [9.17, 15) is 23.6 Å². The highest BCUT2D eigenvalue weighted by Gasteiger charge is 2.47. The second kappa shape index (κ2) is 8.96. The van der Waals surface area contributed by atoms with Crippen molar-refractivity contribution in [1.29, 1.82) is 0 Å². The topological polar surface area (TPSA) is 86.8 Å². The van der Waals surface area contributed by atoms with Crippen molar-refractivity contribution in [2.75, 3.05) is 11.9 Å². The quantitative estimate of drug-likeness (QED) is 0.678. The van der Waals surface area contributed by atoms with Crippen molar-refractivity contribution in [2.45, 2.75) is 24.8 Å². The van der Waals surface area contributed by atoms with Crippen molar-refractivity contribution < 1.29 is 23.6 Å². The molecule has 1 saturated heterocycles.